The van der Waals surface area contributed by atoms with Crippen molar-refractivity contribution in [3.8, 4) is 0 Å². The van der Waals surface area contributed by atoms with E-state index in [0.717, 1.165) is 77.0 Å². The fourth-order valence-electron chi connectivity index (χ4n) is 6.78. The number of carbonyl (C=O) groups excluding carboxylic acids is 2. The molecule has 0 rings (SSSR count). The second kappa shape index (κ2) is 40.5. The molecule has 52 heavy (non-hydrogen) atoms. The first kappa shape index (κ1) is 50.3. The van der Waals surface area contributed by atoms with Crippen LogP contribution in [0.5, 0.6) is 0 Å². The van der Waals surface area contributed by atoms with Gasteiger partial charge in [-0.2, -0.15) is 0 Å². The van der Waals surface area contributed by atoms with Gasteiger partial charge in [0, 0.05) is 6.42 Å². The van der Waals surface area contributed by atoms with Gasteiger partial charge < -0.3 is 20.3 Å². The molecule has 0 aliphatic heterocycles. The molecule has 3 N–H and O–H groups in total. The third kappa shape index (κ3) is 35.4. The molecule has 0 saturated heterocycles. The Bertz CT molecular complexity index is 828. The van der Waals surface area contributed by atoms with Crippen LogP contribution in [0.15, 0.2) is 24.3 Å². The van der Waals surface area contributed by atoms with Crippen LogP contribution in [-0.4, -0.2) is 46.9 Å². The van der Waals surface area contributed by atoms with Crippen LogP contribution >= 0.6 is 0 Å². The highest BCUT2D eigenvalue weighted by molar-refractivity contribution is 5.77. The van der Waals surface area contributed by atoms with E-state index in [2.05, 4.69) is 50.4 Å². The van der Waals surface area contributed by atoms with Gasteiger partial charge in [0.25, 0.3) is 0 Å². The van der Waals surface area contributed by atoms with E-state index in [1.54, 1.807) is 0 Å². The molecule has 0 aliphatic carbocycles. The van der Waals surface area contributed by atoms with Crippen LogP contribution in [0.3, 0.4) is 0 Å². The molecule has 0 aliphatic rings. The zero-order chi connectivity index (χ0) is 38.2. The number of aliphatic hydroxyl groups is 2. The van der Waals surface area contributed by atoms with Crippen molar-refractivity contribution >= 4 is 11.9 Å². The zero-order valence-electron chi connectivity index (χ0n) is 34.7. The SMILES string of the molecule is CCC/C=C\CCCCCCCC(=O)OC(CCCCC/C=C/CCCCCCCCC)CC(=O)NC(CO)C(O)CCCCCCCCCCC. The number of nitrogens with one attached hydrogen (secondary N) is 1. The molecule has 3 atom stereocenters. The van der Waals surface area contributed by atoms with Crippen LogP contribution in [-0.2, 0) is 14.3 Å². The summed E-state index contributed by atoms with van der Waals surface area (Å²) in [4.78, 5) is 25.9. The Morgan fingerprint density at radius 3 is 1.46 bits per heavy atom. The van der Waals surface area contributed by atoms with Crippen LogP contribution in [0, 0.1) is 0 Å². The minimum absolute atomic E-state index is 0.0664. The van der Waals surface area contributed by atoms with E-state index in [9.17, 15) is 19.8 Å². The predicted octanol–water partition coefficient (Wildman–Crippen LogP) is 12.8. The Morgan fingerprint density at radius 2 is 0.962 bits per heavy atom. The van der Waals surface area contributed by atoms with Crippen LogP contribution in [0.25, 0.3) is 0 Å². The maximum Gasteiger partial charge on any atom is 0.306 e. The van der Waals surface area contributed by atoms with Gasteiger partial charge in [-0.25, -0.2) is 0 Å². The minimum Gasteiger partial charge on any atom is -0.462 e. The van der Waals surface area contributed by atoms with E-state index in [4.69, 9.17) is 4.74 Å². The Labute approximate surface area is 322 Å². The van der Waals surface area contributed by atoms with Gasteiger partial charge in [0.2, 0.25) is 5.91 Å². The van der Waals surface area contributed by atoms with Gasteiger partial charge in [-0.3, -0.25) is 9.59 Å². The normalized spacial score (nSPS) is 13.6. The van der Waals surface area contributed by atoms with Gasteiger partial charge in [0.05, 0.1) is 25.2 Å². The second-order valence-corrected chi connectivity index (χ2v) is 15.4. The smallest absolute Gasteiger partial charge is 0.306 e. The van der Waals surface area contributed by atoms with E-state index >= 15 is 0 Å². The van der Waals surface area contributed by atoms with Crippen molar-refractivity contribution in [2.45, 2.75) is 251 Å². The molecule has 306 valence electrons. The van der Waals surface area contributed by atoms with E-state index in [-0.39, 0.29) is 24.9 Å². The molecule has 3 unspecified atom stereocenters. The Hall–Kier alpha value is -1.66. The summed E-state index contributed by atoms with van der Waals surface area (Å²) in [6.07, 6.45) is 43.8. The van der Waals surface area contributed by atoms with Crippen LogP contribution in [0.2, 0.25) is 0 Å². The van der Waals surface area contributed by atoms with Crippen molar-refractivity contribution in [2.75, 3.05) is 6.61 Å². The Kier molecular flexibility index (Phi) is 39.2. The number of ether oxygens (including phenoxy) is 1. The largest absolute Gasteiger partial charge is 0.462 e. The minimum atomic E-state index is -0.786. The first-order valence-electron chi connectivity index (χ1n) is 22.6. The van der Waals surface area contributed by atoms with Gasteiger partial charge in [0.1, 0.15) is 6.10 Å². The molecule has 0 aromatic heterocycles. The van der Waals surface area contributed by atoms with E-state index in [1.165, 1.54) is 109 Å². The fraction of sp³-hybridized carbons (Fsp3) is 0.870. The molecule has 0 aromatic rings. The lowest BCUT2D eigenvalue weighted by Gasteiger charge is -2.24. The topological polar surface area (TPSA) is 95.9 Å². The first-order chi connectivity index (χ1) is 25.5. The monoisotopic (exact) mass is 734 g/mol. The quantitative estimate of drug-likeness (QED) is 0.0331. The fourth-order valence-corrected chi connectivity index (χ4v) is 6.78. The summed E-state index contributed by atoms with van der Waals surface area (Å²) in [6, 6.07) is -0.701. The van der Waals surface area contributed by atoms with Crippen molar-refractivity contribution in [1.29, 1.82) is 0 Å². The molecule has 1 amide bonds. The average molecular weight is 734 g/mol. The number of hydrogen-bond acceptors (Lipinski definition) is 5. The summed E-state index contributed by atoms with van der Waals surface area (Å²) in [5.74, 6) is -0.498. The standard InChI is InChI=1S/C46H87NO5/c1-4-7-10-13-16-19-21-22-23-24-26-28-31-34-37-42(52-46(51)39-36-33-30-27-20-17-14-11-8-5-2)40-45(50)47-43(41-48)44(49)38-35-32-29-25-18-15-12-9-6-3/h11,14,23-24,42-44,48-49H,4-10,12-13,15-22,25-41H2,1-3H3,(H,47,50)/b14-11-,24-23+. The number of esters is 1. The Morgan fingerprint density at radius 1 is 0.538 bits per heavy atom. The average Bonchev–Trinajstić information content (AvgIpc) is 3.13. The number of aliphatic hydroxyl groups excluding tert-OH is 2. The third-order valence-electron chi connectivity index (χ3n) is 10.2. The number of amides is 1. The molecular formula is C46H87NO5. The van der Waals surface area contributed by atoms with E-state index in [0.29, 0.717) is 19.3 Å². The molecule has 0 fully saturated rings. The van der Waals surface area contributed by atoms with Gasteiger partial charge in [-0.15, -0.1) is 0 Å². The highest BCUT2D eigenvalue weighted by atomic mass is 16.5. The number of rotatable bonds is 40. The Balaban J connectivity index is 4.62. The molecule has 0 heterocycles. The van der Waals surface area contributed by atoms with Crippen molar-refractivity contribution in [3.05, 3.63) is 24.3 Å². The maximum atomic E-state index is 13.1. The maximum absolute atomic E-state index is 13.1. The molecule has 0 bridgehead atoms. The molecule has 0 radical (unpaired) electrons. The summed E-state index contributed by atoms with van der Waals surface area (Å²) in [7, 11) is 0. The molecular weight excluding hydrogens is 647 g/mol. The van der Waals surface area contributed by atoms with Gasteiger partial charge in [0.15, 0.2) is 0 Å². The van der Waals surface area contributed by atoms with Crippen LogP contribution in [0.1, 0.15) is 233 Å². The molecule has 0 saturated carbocycles. The zero-order valence-corrected chi connectivity index (χ0v) is 34.7. The summed E-state index contributed by atoms with van der Waals surface area (Å²) < 4.78 is 5.88. The second-order valence-electron chi connectivity index (χ2n) is 15.4. The van der Waals surface area contributed by atoms with Crippen molar-refractivity contribution in [1.82, 2.24) is 5.32 Å². The molecule has 0 aromatic carbocycles. The predicted molar refractivity (Wildman–Crippen MR) is 223 cm³/mol. The number of unbranched alkanes of at least 4 members (excludes halogenated alkanes) is 24. The number of carbonyl (C=O) groups is 2. The van der Waals surface area contributed by atoms with Gasteiger partial charge in [-0.1, -0.05) is 173 Å². The van der Waals surface area contributed by atoms with Crippen molar-refractivity contribution in [2.24, 2.45) is 0 Å². The highest BCUT2D eigenvalue weighted by Gasteiger charge is 2.24. The first-order valence-corrected chi connectivity index (χ1v) is 22.6. The number of allylic oxidation sites excluding steroid dienone is 4. The van der Waals surface area contributed by atoms with Gasteiger partial charge in [-0.05, 0) is 70.6 Å². The van der Waals surface area contributed by atoms with Crippen molar-refractivity contribution < 1.29 is 24.5 Å². The summed E-state index contributed by atoms with van der Waals surface area (Å²) in [6.45, 7) is 6.39. The van der Waals surface area contributed by atoms with Gasteiger partial charge >= 0.3 is 5.97 Å². The molecule has 6 heteroatoms. The highest BCUT2D eigenvalue weighted by Crippen LogP contribution is 2.17. The van der Waals surface area contributed by atoms with Crippen LogP contribution < -0.4 is 5.32 Å². The third-order valence-corrected chi connectivity index (χ3v) is 10.2. The van der Waals surface area contributed by atoms with E-state index < -0.39 is 18.2 Å². The summed E-state index contributed by atoms with van der Waals surface area (Å²) in [5.41, 5.74) is 0. The molecule has 6 nitrogen and oxygen atoms in total. The van der Waals surface area contributed by atoms with Crippen molar-refractivity contribution in [3.63, 3.8) is 0 Å². The lowest BCUT2D eigenvalue weighted by Crippen LogP contribution is -2.46. The van der Waals surface area contributed by atoms with E-state index in [1.807, 2.05) is 0 Å². The summed E-state index contributed by atoms with van der Waals surface area (Å²) in [5, 5.41) is 23.5. The lowest BCUT2D eigenvalue weighted by atomic mass is 10.0. The summed E-state index contributed by atoms with van der Waals surface area (Å²) >= 11 is 0. The lowest BCUT2D eigenvalue weighted by molar-refractivity contribution is -0.151. The van der Waals surface area contributed by atoms with Crippen LogP contribution in [0.4, 0.5) is 0 Å². The molecule has 0 spiro atoms. The number of hydrogen-bond donors (Lipinski definition) is 3.